The van der Waals surface area contributed by atoms with E-state index < -0.39 is 5.63 Å². The van der Waals surface area contributed by atoms with E-state index in [-0.39, 0.29) is 5.75 Å². The molecule has 27 heavy (non-hydrogen) atoms. The van der Waals surface area contributed by atoms with Crippen molar-refractivity contribution in [3.8, 4) is 16.3 Å². The summed E-state index contributed by atoms with van der Waals surface area (Å²) in [5.41, 5.74) is 2.14. The Morgan fingerprint density at radius 1 is 1.15 bits per heavy atom. The van der Waals surface area contributed by atoms with Crippen LogP contribution in [0.3, 0.4) is 0 Å². The molecule has 1 saturated heterocycles. The molecular weight excluding hydrogens is 360 g/mol. The number of benzene rings is 2. The number of hydrogen-bond donors (Lipinski definition) is 2. The fraction of sp³-hybridized carbons (Fsp3) is 0.238. The lowest BCUT2D eigenvalue weighted by Gasteiger charge is -2.14. The standard InChI is InChI=1S/C21H18N2O3S/c24-17-8-7-13-11-14(20-22-16-5-1-2-6-18(16)27-20)21(25)26-19(13)15(17)12-23-9-3-4-10-23/h1-2,5-8,11,24H,3-4,9-10,12H2/p+1. The Morgan fingerprint density at radius 2 is 1.96 bits per heavy atom. The van der Waals surface area contributed by atoms with Crippen molar-refractivity contribution >= 4 is 32.5 Å². The molecule has 136 valence electrons. The Morgan fingerprint density at radius 3 is 2.78 bits per heavy atom. The lowest BCUT2D eigenvalue weighted by Crippen LogP contribution is -3.08. The summed E-state index contributed by atoms with van der Waals surface area (Å²) in [4.78, 5) is 18.7. The summed E-state index contributed by atoms with van der Waals surface area (Å²) in [6, 6.07) is 13.2. The average Bonchev–Trinajstić information content (AvgIpc) is 3.33. The predicted octanol–water partition coefficient (Wildman–Crippen LogP) is 2.95. The van der Waals surface area contributed by atoms with Crippen LogP contribution in [0.4, 0.5) is 0 Å². The molecular formula is C21H19N2O3S+. The van der Waals surface area contributed by atoms with E-state index in [1.165, 1.54) is 29.1 Å². The zero-order chi connectivity index (χ0) is 18.4. The number of phenolic OH excluding ortho intramolecular Hbond substituents is 1. The van der Waals surface area contributed by atoms with E-state index in [1.807, 2.05) is 30.3 Å². The Labute approximate surface area is 159 Å². The molecule has 0 bridgehead atoms. The number of para-hydroxylation sites is 1. The average molecular weight is 379 g/mol. The third-order valence-corrected chi connectivity index (χ3v) is 6.31. The SMILES string of the molecule is O=c1oc2c(C[NH+]3CCCC3)c(O)ccc2cc1-c1nc2ccccc2s1. The summed E-state index contributed by atoms with van der Waals surface area (Å²) in [7, 11) is 0. The molecule has 5 nitrogen and oxygen atoms in total. The van der Waals surface area contributed by atoms with Crippen molar-refractivity contribution < 1.29 is 14.4 Å². The molecule has 2 N–H and O–H groups in total. The molecule has 3 heterocycles. The van der Waals surface area contributed by atoms with Crippen LogP contribution in [-0.2, 0) is 6.54 Å². The van der Waals surface area contributed by atoms with Crippen LogP contribution in [0, 0.1) is 0 Å². The summed E-state index contributed by atoms with van der Waals surface area (Å²) in [5, 5.41) is 11.8. The van der Waals surface area contributed by atoms with Crippen LogP contribution < -0.4 is 10.5 Å². The molecule has 4 aromatic rings. The highest BCUT2D eigenvalue weighted by Gasteiger charge is 2.22. The van der Waals surface area contributed by atoms with Gasteiger partial charge in [0.05, 0.1) is 34.4 Å². The summed E-state index contributed by atoms with van der Waals surface area (Å²) < 4.78 is 6.74. The van der Waals surface area contributed by atoms with Crippen molar-refractivity contribution in [2.75, 3.05) is 13.1 Å². The van der Waals surface area contributed by atoms with Crippen LogP contribution in [0.25, 0.3) is 31.8 Å². The van der Waals surface area contributed by atoms with Gasteiger partial charge in [-0.25, -0.2) is 9.78 Å². The van der Waals surface area contributed by atoms with Crippen molar-refractivity contribution in [1.82, 2.24) is 4.98 Å². The number of aromatic nitrogens is 1. The van der Waals surface area contributed by atoms with Gasteiger partial charge in [0.25, 0.3) is 0 Å². The minimum absolute atomic E-state index is 0.192. The molecule has 0 saturated carbocycles. The zero-order valence-corrected chi connectivity index (χ0v) is 15.5. The van der Waals surface area contributed by atoms with Crippen LogP contribution in [-0.4, -0.2) is 23.2 Å². The van der Waals surface area contributed by atoms with Gasteiger partial charge in [-0.3, -0.25) is 0 Å². The summed E-state index contributed by atoms with van der Waals surface area (Å²) in [6.07, 6.45) is 2.40. The minimum atomic E-state index is -0.412. The van der Waals surface area contributed by atoms with E-state index in [0.717, 1.165) is 34.3 Å². The van der Waals surface area contributed by atoms with Gasteiger partial charge in [0.15, 0.2) is 5.58 Å². The number of nitrogens with one attached hydrogen (secondary N) is 1. The second kappa shape index (κ2) is 6.48. The summed E-state index contributed by atoms with van der Waals surface area (Å²) in [5.74, 6) is 0.192. The first-order valence-electron chi connectivity index (χ1n) is 9.17. The van der Waals surface area contributed by atoms with Gasteiger partial charge in [-0.2, -0.15) is 0 Å². The van der Waals surface area contributed by atoms with Gasteiger partial charge in [-0.05, 0) is 30.3 Å². The van der Waals surface area contributed by atoms with Gasteiger partial charge in [0, 0.05) is 18.2 Å². The zero-order valence-electron chi connectivity index (χ0n) is 14.7. The molecule has 2 aromatic carbocycles. The molecule has 2 aromatic heterocycles. The molecule has 5 rings (SSSR count). The van der Waals surface area contributed by atoms with E-state index in [4.69, 9.17) is 4.42 Å². The number of aromatic hydroxyl groups is 1. The van der Waals surface area contributed by atoms with Crippen LogP contribution in [0.2, 0.25) is 0 Å². The lowest BCUT2D eigenvalue weighted by molar-refractivity contribution is -0.901. The van der Waals surface area contributed by atoms with Crippen LogP contribution >= 0.6 is 11.3 Å². The first-order chi connectivity index (χ1) is 13.2. The number of quaternary nitrogens is 1. The van der Waals surface area contributed by atoms with Gasteiger partial charge in [0.2, 0.25) is 0 Å². The number of phenols is 1. The topological polar surface area (TPSA) is 67.8 Å². The third-order valence-electron chi connectivity index (χ3n) is 5.24. The van der Waals surface area contributed by atoms with Gasteiger partial charge in [0.1, 0.15) is 17.3 Å². The fourth-order valence-electron chi connectivity index (χ4n) is 3.84. The highest BCUT2D eigenvalue weighted by molar-refractivity contribution is 7.21. The first kappa shape index (κ1) is 16.5. The first-order valence-corrected chi connectivity index (χ1v) is 9.99. The predicted molar refractivity (Wildman–Crippen MR) is 106 cm³/mol. The van der Waals surface area contributed by atoms with E-state index in [0.29, 0.717) is 22.7 Å². The quantitative estimate of drug-likeness (QED) is 0.537. The van der Waals surface area contributed by atoms with Gasteiger partial charge >= 0.3 is 5.63 Å². The maximum absolute atomic E-state index is 12.7. The van der Waals surface area contributed by atoms with Crippen molar-refractivity contribution in [3.05, 3.63) is 58.4 Å². The van der Waals surface area contributed by atoms with E-state index >= 15 is 0 Å². The number of nitrogens with zero attached hydrogens (tertiary/aromatic N) is 1. The van der Waals surface area contributed by atoms with Crippen LogP contribution in [0.5, 0.6) is 5.75 Å². The number of rotatable bonds is 3. The minimum Gasteiger partial charge on any atom is -0.507 e. The molecule has 1 aliphatic heterocycles. The van der Waals surface area contributed by atoms with Crippen LogP contribution in [0.1, 0.15) is 18.4 Å². The molecule has 0 aliphatic carbocycles. The van der Waals surface area contributed by atoms with Crippen LogP contribution in [0.15, 0.2) is 51.7 Å². The Bertz CT molecular complexity index is 1170. The Hall–Kier alpha value is -2.70. The van der Waals surface area contributed by atoms with E-state index in [1.54, 1.807) is 12.1 Å². The van der Waals surface area contributed by atoms with Gasteiger partial charge in [-0.15, -0.1) is 11.3 Å². The Kier molecular flexibility index (Phi) is 3.95. The molecule has 0 radical (unpaired) electrons. The second-order valence-electron chi connectivity index (χ2n) is 7.05. The van der Waals surface area contributed by atoms with Gasteiger partial charge < -0.3 is 14.4 Å². The highest BCUT2D eigenvalue weighted by Crippen LogP contribution is 2.32. The van der Waals surface area contributed by atoms with Crippen molar-refractivity contribution in [2.45, 2.75) is 19.4 Å². The molecule has 0 amide bonds. The second-order valence-corrected chi connectivity index (χ2v) is 8.08. The summed E-state index contributed by atoms with van der Waals surface area (Å²) in [6.45, 7) is 2.85. The molecule has 0 atom stereocenters. The van der Waals surface area contributed by atoms with Crippen molar-refractivity contribution in [3.63, 3.8) is 0 Å². The smallest absolute Gasteiger partial charge is 0.346 e. The number of thiazole rings is 1. The fourth-order valence-corrected chi connectivity index (χ4v) is 4.81. The number of fused-ring (bicyclic) bond motifs is 2. The molecule has 6 heteroatoms. The van der Waals surface area contributed by atoms with E-state index in [9.17, 15) is 9.90 Å². The molecule has 0 spiro atoms. The van der Waals surface area contributed by atoms with Crippen molar-refractivity contribution in [2.24, 2.45) is 0 Å². The van der Waals surface area contributed by atoms with Gasteiger partial charge in [-0.1, -0.05) is 12.1 Å². The number of likely N-dealkylation sites (tertiary alicyclic amines) is 1. The lowest BCUT2D eigenvalue weighted by atomic mass is 10.1. The maximum Gasteiger partial charge on any atom is 0.346 e. The normalized spacial score (nSPS) is 15.1. The Balaban J connectivity index is 1.64. The third kappa shape index (κ3) is 2.91. The van der Waals surface area contributed by atoms with Crippen molar-refractivity contribution in [1.29, 1.82) is 0 Å². The maximum atomic E-state index is 12.7. The molecule has 1 fully saturated rings. The molecule has 1 aliphatic rings. The largest absolute Gasteiger partial charge is 0.507 e. The highest BCUT2D eigenvalue weighted by atomic mass is 32.1. The monoisotopic (exact) mass is 379 g/mol. The van der Waals surface area contributed by atoms with E-state index in [2.05, 4.69) is 4.98 Å². The molecule has 0 unspecified atom stereocenters. The summed E-state index contributed by atoms with van der Waals surface area (Å²) >= 11 is 1.48. The number of hydrogen-bond acceptors (Lipinski definition) is 5.